The Balaban J connectivity index is 2.30. The molecule has 0 aliphatic rings. The number of aryl methyl sites for hydroxylation is 2. The van der Waals surface area contributed by atoms with Crippen LogP contribution in [-0.4, -0.2) is 4.57 Å². The largest absolute Gasteiger partial charge is 0.256 e. The summed E-state index contributed by atoms with van der Waals surface area (Å²) in [5.74, 6) is 1.62. The van der Waals surface area contributed by atoms with Crippen molar-refractivity contribution in [3.63, 3.8) is 0 Å². The fourth-order valence-electron chi connectivity index (χ4n) is 6.68. The molecule has 0 atom stereocenters. The molecule has 248 valence electrons. The summed E-state index contributed by atoms with van der Waals surface area (Å²) in [7, 11) is 0. The van der Waals surface area contributed by atoms with Crippen LogP contribution in [0.25, 0.3) is 0 Å². The van der Waals surface area contributed by atoms with Gasteiger partial charge in [-0.2, -0.15) is 0 Å². The molecule has 1 aromatic rings. The van der Waals surface area contributed by atoms with E-state index in [4.69, 9.17) is 0 Å². The second-order valence-corrected chi connectivity index (χ2v) is 13.8. The Kier molecular flexibility index (Phi) is 29.5. The normalized spacial score (nSPS) is 11.6. The lowest BCUT2D eigenvalue weighted by Crippen LogP contribution is -2.37. The van der Waals surface area contributed by atoms with Crippen molar-refractivity contribution in [3.8, 4) is 0 Å². The Morgan fingerprint density at radius 3 is 1.14 bits per heavy atom. The summed E-state index contributed by atoms with van der Waals surface area (Å²) >= 11 is 0. The van der Waals surface area contributed by atoms with Gasteiger partial charge in [0.25, 0.3) is 5.82 Å². The fourth-order valence-corrected chi connectivity index (χ4v) is 6.68. The average molecular weight is 588 g/mol. The van der Waals surface area contributed by atoms with Crippen LogP contribution in [-0.2, 0) is 19.5 Å². The van der Waals surface area contributed by atoms with E-state index in [2.05, 4.69) is 42.3 Å². The Bertz CT molecular complexity index is 648. The maximum Gasteiger partial charge on any atom is 0.256 e. The van der Waals surface area contributed by atoms with Gasteiger partial charge in [0.2, 0.25) is 0 Å². The monoisotopic (exact) mass is 588 g/mol. The maximum absolute atomic E-state index is 2.64. The predicted octanol–water partition coefficient (Wildman–Crippen LogP) is 13.5. The van der Waals surface area contributed by atoms with Crippen molar-refractivity contribution in [1.82, 2.24) is 4.57 Å². The van der Waals surface area contributed by atoms with Gasteiger partial charge in [0.15, 0.2) is 0 Å². The van der Waals surface area contributed by atoms with Crippen LogP contribution < -0.4 is 4.57 Å². The lowest BCUT2D eigenvalue weighted by atomic mass is 10.1. The molecule has 42 heavy (non-hydrogen) atoms. The van der Waals surface area contributed by atoms with Crippen LogP contribution in [0.5, 0.6) is 0 Å². The molecule has 0 aliphatic carbocycles. The highest BCUT2D eigenvalue weighted by molar-refractivity contribution is 4.84. The van der Waals surface area contributed by atoms with Crippen molar-refractivity contribution in [2.24, 2.45) is 0 Å². The first-order valence-electron chi connectivity index (χ1n) is 19.9. The molecule has 0 bridgehead atoms. The minimum atomic E-state index is 1.23. The second-order valence-electron chi connectivity index (χ2n) is 13.8. The van der Waals surface area contributed by atoms with E-state index < -0.39 is 0 Å². The Labute approximate surface area is 266 Å². The van der Waals surface area contributed by atoms with Crippen molar-refractivity contribution in [3.05, 3.63) is 18.2 Å². The van der Waals surface area contributed by atoms with E-state index in [-0.39, 0.29) is 0 Å². The molecule has 0 saturated heterocycles. The molecule has 0 unspecified atom stereocenters. The van der Waals surface area contributed by atoms with E-state index in [9.17, 15) is 0 Å². The lowest BCUT2D eigenvalue weighted by molar-refractivity contribution is -0.704. The van der Waals surface area contributed by atoms with Crippen LogP contribution >= 0.6 is 0 Å². The standard InChI is InChI=1S/C40H79N2/c1-4-7-10-13-16-19-21-22-25-28-31-34-37-42-39-38-41(36-33-30-27-24-20-17-14-11-8-5-2)40(42)35-32-29-26-23-18-15-12-9-6-3/h38-39H,4-37H2,1-3H3/q+1. The lowest BCUT2D eigenvalue weighted by Gasteiger charge is -2.07. The number of nitrogens with zero attached hydrogens (tertiary/aromatic N) is 2. The van der Waals surface area contributed by atoms with Gasteiger partial charge in [-0.25, -0.2) is 9.13 Å². The van der Waals surface area contributed by atoms with E-state index in [0.717, 1.165) is 0 Å². The summed E-state index contributed by atoms with van der Waals surface area (Å²) in [6.45, 7) is 9.40. The zero-order valence-electron chi connectivity index (χ0n) is 29.6. The highest BCUT2D eigenvalue weighted by Gasteiger charge is 2.16. The quantitative estimate of drug-likeness (QED) is 0.0560. The van der Waals surface area contributed by atoms with E-state index in [1.54, 1.807) is 5.82 Å². The van der Waals surface area contributed by atoms with E-state index in [0.29, 0.717) is 0 Å². The molecule has 2 nitrogen and oxygen atoms in total. The molecule has 0 fully saturated rings. The van der Waals surface area contributed by atoms with Gasteiger partial charge in [0.05, 0.1) is 13.1 Å². The molecule has 0 amide bonds. The van der Waals surface area contributed by atoms with Crippen molar-refractivity contribution >= 4 is 0 Å². The van der Waals surface area contributed by atoms with Gasteiger partial charge in [0, 0.05) is 6.42 Å². The van der Waals surface area contributed by atoms with Crippen molar-refractivity contribution < 1.29 is 4.57 Å². The Morgan fingerprint density at radius 1 is 0.405 bits per heavy atom. The topological polar surface area (TPSA) is 8.81 Å². The van der Waals surface area contributed by atoms with E-state index in [1.807, 2.05) is 0 Å². The molecule has 2 heteroatoms. The molecule has 0 saturated carbocycles. The highest BCUT2D eigenvalue weighted by atomic mass is 15.1. The molecule has 0 aliphatic heterocycles. The fraction of sp³-hybridized carbons (Fsp3) is 0.925. The molecular formula is C40H79N2+. The van der Waals surface area contributed by atoms with E-state index >= 15 is 0 Å². The molecule has 0 aromatic carbocycles. The third-order valence-electron chi connectivity index (χ3n) is 9.60. The first-order chi connectivity index (χ1) is 20.8. The van der Waals surface area contributed by atoms with Gasteiger partial charge < -0.3 is 0 Å². The van der Waals surface area contributed by atoms with E-state index in [1.165, 1.54) is 219 Å². The molecule has 0 spiro atoms. The summed E-state index contributed by atoms with van der Waals surface area (Å²) in [6.07, 6.45) is 50.4. The number of aromatic nitrogens is 2. The van der Waals surface area contributed by atoms with Crippen LogP contribution in [0, 0.1) is 0 Å². The van der Waals surface area contributed by atoms with Gasteiger partial charge in [-0.05, 0) is 32.1 Å². The van der Waals surface area contributed by atoms with Gasteiger partial charge in [-0.1, -0.05) is 188 Å². The average Bonchev–Trinajstić information content (AvgIpc) is 3.38. The van der Waals surface area contributed by atoms with Gasteiger partial charge >= 0.3 is 0 Å². The third kappa shape index (κ3) is 23.6. The molecular weight excluding hydrogens is 508 g/mol. The zero-order chi connectivity index (χ0) is 30.2. The first-order valence-corrected chi connectivity index (χ1v) is 19.9. The highest BCUT2D eigenvalue weighted by Crippen LogP contribution is 2.15. The number of imidazole rings is 1. The number of hydrogen-bond donors (Lipinski definition) is 0. The van der Waals surface area contributed by atoms with Crippen LogP contribution in [0.2, 0.25) is 0 Å². The summed E-state index contributed by atoms with van der Waals surface area (Å²) in [6, 6.07) is 0. The summed E-state index contributed by atoms with van der Waals surface area (Å²) in [4.78, 5) is 0. The molecule has 1 aromatic heterocycles. The Hall–Kier alpha value is -0.790. The molecule has 0 radical (unpaired) electrons. The second kappa shape index (κ2) is 31.6. The number of rotatable bonds is 34. The smallest absolute Gasteiger partial charge is 0.234 e. The van der Waals surface area contributed by atoms with Crippen molar-refractivity contribution in [2.75, 3.05) is 0 Å². The van der Waals surface area contributed by atoms with Crippen molar-refractivity contribution in [2.45, 2.75) is 239 Å². The van der Waals surface area contributed by atoms with Gasteiger partial charge in [-0.3, -0.25) is 0 Å². The predicted molar refractivity (Wildman–Crippen MR) is 188 cm³/mol. The minimum absolute atomic E-state index is 1.23. The van der Waals surface area contributed by atoms with Crippen LogP contribution in [0.3, 0.4) is 0 Å². The molecule has 0 N–H and O–H groups in total. The molecule has 1 rings (SSSR count). The van der Waals surface area contributed by atoms with Crippen LogP contribution in [0.15, 0.2) is 12.4 Å². The van der Waals surface area contributed by atoms with Gasteiger partial charge in [-0.15, -0.1) is 0 Å². The summed E-state index contributed by atoms with van der Waals surface area (Å²) in [5.41, 5.74) is 0. The summed E-state index contributed by atoms with van der Waals surface area (Å²) < 4.78 is 5.27. The van der Waals surface area contributed by atoms with Crippen LogP contribution in [0.4, 0.5) is 0 Å². The number of hydrogen-bond acceptors (Lipinski definition) is 0. The maximum atomic E-state index is 2.64. The van der Waals surface area contributed by atoms with Gasteiger partial charge in [0.1, 0.15) is 12.4 Å². The molecule has 1 heterocycles. The zero-order valence-corrected chi connectivity index (χ0v) is 29.6. The van der Waals surface area contributed by atoms with Crippen molar-refractivity contribution in [1.29, 1.82) is 0 Å². The summed E-state index contributed by atoms with van der Waals surface area (Å²) in [5, 5.41) is 0. The Morgan fingerprint density at radius 2 is 0.738 bits per heavy atom. The third-order valence-corrected chi connectivity index (χ3v) is 9.60. The van der Waals surface area contributed by atoms with Crippen LogP contribution in [0.1, 0.15) is 226 Å². The number of unbranched alkanes of at least 4 members (excludes halogenated alkanes) is 28. The SMILES string of the molecule is CCCCCCCCCCCCCCn1cc[n+](CCCCCCCCCCCC)c1CCCCCCCCCCC. The minimum Gasteiger partial charge on any atom is -0.234 e. The first kappa shape index (κ1) is 39.2.